The van der Waals surface area contributed by atoms with Crippen molar-refractivity contribution >= 4 is 27.7 Å². The van der Waals surface area contributed by atoms with E-state index in [9.17, 15) is 0 Å². The van der Waals surface area contributed by atoms with E-state index in [2.05, 4.69) is 60.2 Å². The zero-order chi connectivity index (χ0) is 12.7. The summed E-state index contributed by atoms with van der Waals surface area (Å²) < 4.78 is 1.16. The van der Waals surface area contributed by atoms with Crippen molar-refractivity contribution in [2.75, 3.05) is 5.75 Å². The third-order valence-electron chi connectivity index (χ3n) is 2.48. The Hall–Kier alpha value is 0.01000. The number of hydrogen-bond acceptors (Lipinski definition) is 2. The van der Waals surface area contributed by atoms with Gasteiger partial charge in [-0.25, -0.2) is 0 Å². The molecule has 0 bridgehead atoms. The lowest BCUT2D eigenvalue weighted by atomic mass is 10.2. The van der Waals surface area contributed by atoms with Crippen molar-refractivity contribution in [3.8, 4) is 0 Å². The Morgan fingerprint density at radius 2 is 2.12 bits per heavy atom. The van der Waals surface area contributed by atoms with Gasteiger partial charge in [-0.1, -0.05) is 43.1 Å². The molecule has 0 aliphatic rings. The number of halogens is 1. The molecule has 0 amide bonds. The maximum atomic E-state index is 3.55. The third kappa shape index (κ3) is 5.94. The van der Waals surface area contributed by atoms with E-state index in [0.717, 1.165) is 11.0 Å². The highest BCUT2D eigenvalue weighted by Crippen LogP contribution is 2.26. The minimum absolute atomic E-state index is 0.530. The van der Waals surface area contributed by atoms with Crippen molar-refractivity contribution in [1.29, 1.82) is 0 Å². The second-order valence-corrected chi connectivity index (χ2v) is 6.54. The van der Waals surface area contributed by atoms with Crippen LogP contribution in [0.25, 0.3) is 0 Å². The first-order valence-corrected chi connectivity index (χ1v) is 8.06. The summed E-state index contributed by atoms with van der Waals surface area (Å²) in [4.78, 5) is 1.41. The van der Waals surface area contributed by atoms with Gasteiger partial charge in [0.15, 0.2) is 0 Å². The number of rotatable bonds is 7. The molecule has 17 heavy (non-hydrogen) atoms. The molecule has 0 aliphatic heterocycles. The summed E-state index contributed by atoms with van der Waals surface area (Å²) in [6.45, 7) is 7.55. The van der Waals surface area contributed by atoms with Crippen molar-refractivity contribution in [3.05, 3.63) is 28.2 Å². The molecule has 0 aliphatic carbocycles. The SMILES string of the molecule is CCCCSc1ccc(Br)cc1CNC(C)C. The third-order valence-corrected chi connectivity index (χ3v) is 4.17. The van der Waals surface area contributed by atoms with Crippen molar-refractivity contribution in [1.82, 2.24) is 5.32 Å². The molecule has 96 valence electrons. The highest BCUT2D eigenvalue weighted by atomic mass is 79.9. The normalized spacial score (nSPS) is 11.1. The van der Waals surface area contributed by atoms with Crippen LogP contribution in [-0.4, -0.2) is 11.8 Å². The van der Waals surface area contributed by atoms with Crippen molar-refractivity contribution < 1.29 is 0 Å². The molecule has 0 fully saturated rings. The minimum Gasteiger partial charge on any atom is -0.310 e. The van der Waals surface area contributed by atoms with E-state index >= 15 is 0 Å². The van der Waals surface area contributed by atoms with Crippen molar-refractivity contribution in [2.24, 2.45) is 0 Å². The Morgan fingerprint density at radius 3 is 2.76 bits per heavy atom. The Kier molecular flexibility index (Phi) is 7.24. The Bertz CT molecular complexity index is 339. The number of thioether (sulfide) groups is 1. The van der Waals surface area contributed by atoms with Gasteiger partial charge in [0.1, 0.15) is 0 Å². The molecular weight excluding hydrogens is 294 g/mol. The van der Waals surface area contributed by atoms with Gasteiger partial charge in [0.2, 0.25) is 0 Å². The maximum absolute atomic E-state index is 3.55. The largest absolute Gasteiger partial charge is 0.310 e. The van der Waals surface area contributed by atoms with Crippen LogP contribution in [0.1, 0.15) is 39.2 Å². The molecule has 0 spiro atoms. The van der Waals surface area contributed by atoms with Gasteiger partial charge < -0.3 is 5.32 Å². The smallest absolute Gasteiger partial charge is 0.0219 e. The summed E-state index contributed by atoms with van der Waals surface area (Å²) in [6.07, 6.45) is 2.56. The van der Waals surface area contributed by atoms with Crippen LogP contribution in [0.5, 0.6) is 0 Å². The minimum atomic E-state index is 0.530. The van der Waals surface area contributed by atoms with Gasteiger partial charge in [0.05, 0.1) is 0 Å². The maximum Gasteiger partial charge on any atom is 0.0219 e. The van der Waals surface area contributed by atoms with E-state index in [4.69, 9.17) is 0 Å². The van der Waals surface area contributed by atoms with Crippen LogP contribution in [0.2, 0.25) is 0 Å². The van der Waals surface area contributed by atoms with Crippen LogP contribution >= 0.6 is 27.7 Å². The molecule has 1 N–H and O–H groups in total. The molecule has 0 radical (unpaired) electrons. The summed E-state index contributed by atoms with van der Waals surface area (Å²) in [5, 5.41) is 3.49. The standard InChI is InChI=1S/C14H22BrNS/c1-4-5-8-17-14-7-6-13(15)9-12(14)10-16-11(2)3/h6-7,9,11,16H,4-5,8,10H2,1-3H3. The molecule has 1 aromatic carbocycles. The predicted octanol–water partition coefficient (Wildman–Crippen LogP) is 4.84. The zero-order valence-electron chi connectivity index (χ0n) is 10.9. The van der Waals surface area contributed by atoms with Gasteiger partial charge in [0.25, 0.3) is 0 Å². The van der Waals surface area contributed by atoms with Gasteiger partial charge >= 0.3 is 0 Å². The summed E-state index contributed by atoms with van der Waals surface area (Å²) in [5.41, 5.74) is 1.40. The number of nitrogens with one attached hydrogen (secondary N) is 1. The van der Waals surface area contributed by atoms with Gasteiger partial charge in [-0.05, 0) is 35.9 Å². The summed E-state index contributed by atoms with van der Waals surface area (Å²) >= 11 is 5.52. The summed E-state index contributed by atoms with van der Waals surface area (Å²) in [6, 6.07) is 7.11. The van der Waals surface area contributed by atoms with Crippen LogP contribution < -0.4 is 5.32 Å². The molecule has 0 saturated carbocycles. The van der Waals surface area contributed by atoms with E-state index in [0.29, 0.717) is 6.04 Å². The number of unbranched alkanes of at least 4 members (excludes halogenated alkanes) is 1. The molecule has 1 rings (SSSR count). The lowest BCUT2D eigenvalue weighted by Crippen LogP contribution is -2.22. The molecule has 1 aromatic rings. The highest BCUT2D eigenvalue weighted by Gasteiger charge is 2.04. The number of hydrogen-bond donors (Lipinski definition) is 1. The zero-order valence-corrected chi connectivity index (χ0v) is 13.3. The Labute approximate surface area is 118 Å². The summed E-state index contributed by atoms with van der Waals surface area (Å²) in [5.74, 6) is 1.22. The van der Waals surface area contributed by atoms with Gasteiger partial charge in [-0.2, -0.15) is 0 Å². The molecule has 0 saturated heterocycles. The average Bonchev–Trinajstić information content (AvgIpc) is 2.29. The molecule has 0 atom stereocenters. The second kappa shape index (κ2) is 8.17. The van der Waals surface area contributed by atoms with Gasteiger partial charge in [0, 0.05) is 22.0 Å². The first-order valence-electron chi connectivity index (χ1n) is 6.28. The highest BCUT2D eigenvalue weighted by molar-refractivity contribution is 9.10. The Balaban J connectivity index is 2.66. The van der Waals surface area contributed by atoms with Gasteiger partial charge in [-0.3, -0.25) is 0 Å². The Morgan fingerprint density at radius 1 is 1.35 bits per heavy atom. The molecule has 0 heterocycles. The fraction of sp³-hybridized carbons (Fsp3) is 0.571. The van der Waals surface area contributed by atoms with E-state index in [-0.39, 0.29) is 0 Å². The first kappa shape index (κ1) is 15.1. The lowest BCUT2D eigenvalue weighted by molar-refractivity contribution is 0.584. The first-order chi connectivity index (χ1) is 8.13. The van der Waals surface area contributed by atoms with Crippen LogP contribution in [0.4, 0.5) is 0 Å². The van der Waals surface area contributed by atoms with Gasteiger partial charge in [-0.15, -0.1) is 11.8 Å². The van der Waals surface area contributed by atoms with E-state index in [1.165, 1.54) is 29.1 Å². The topological polar surface area (TPSA) is 12.0 Å². The van der Waals surface area contributed by atoms with E-state index in [1.54, 1.807) is 0 Å². The number of benzene rings is 1. The fourth-order valence-corrected chi connectivity index (χ4v) is 3.01. The predicted molar refractivity (Wildman–Crippen MR) is 81.7 cm³/mol. The van der Waals surface area contributed by atoms with E-state index < -0.39 is 0 Å². The van der Waals surface area contributed by atoms with Crippen molar-refractivity contribution in [3.63, 3.8) is 0 Å². The monoisotopic (exact) mass is 315 g/mol. The summed E-state index contributed by atoms with van der Waals surface area (Å²) in [7, 11) is 0. The van der Waals surface area contributed by atoms with Crippen LogP contribution in [-0.2, 0) is 6.54 Å². The molecule has 0 aromatic heterocycles. The molecular formula is C14H22BrNS. The molecule has 0 unspecified atom stereocenters. The second-order valence-electron chi connectivity index (χ2n) is 4.49. The molecule has 1 nitrogen and oxygen atoms in total. The fourth-order valence-electron chi connectivity index (χ4n) is 1.47. The van der Waals surface area contributed by atoms with Crippen molar-refractivity contribution in [2.45, 2.75) is 51.1 Å². The van der Waals surface area contributed by atoms with Crippen LogP contribution in [0.3, 0.4) is 0 Å². The van der Waals surface area contributed by atoms with Crippen LogP contribution in [0.15, 0.2) is 27.6 Å². The van der Waals surface area contributed by atoms with E-state index in [1.807, 2.05) is 11.8 Å². The quantitative estimate of drug-likeness (QED) is 0.571. The lowest BCUT2D eigenvalue weighted by Gasteiger charge is -2.12. The molecule has 3 heteroatoms. The van der Waals surface area contributed by atoms with Crippen LogP contribution in [0, 0.1) is 0 Å². The average molecular weight is 316 g/mol.